The Morgan fingerprint density at radius 3 is 3.00 bits per heavy atom. The van der Waals surface area contributed by atoms with Gasteiger partial charge >= 0.3 is 0 Å². The van der Waals surface area contributed by atoms with E-state index in [1.54, 1.807) is 0 Å². The van der Waals surface area contributed by atoms with E-state index in [0.717, 1.165) is 32.1 Å². The van der Waals surface area contributed by atoms with Gasteiger partial charge in [0.05, 0.1) is 0 Å². The van der Waals surface area contributed by atoms with Gasteiger partial charge in [0.15, 0.2) is 0 Å². The molecule has 0 bridgehead atoms. The Balaban J connectivity index is 2.17. The van der Waals surface area contributed by atoms with Crippen LogP contribution >= 0.6 is 0 Å². The first kappa shape index (κ1) is 8.72. The molecule has 0 aliphatic heterocycles. The van der Waals surface area contributed by atoms with Crippen molar-refractivity contribution in [2.75, 3.05) is 6.61 Å². The molecule has 1 aliphatic carbocycles. The molecule has 1 unspecified atom stereocenters. The van der Waals surface area contributed by atoms with Crippen molar-refractivity contribution in [2.45, 2.75) is 38.5 Å². The lowest BCUT2D eigenvalue weighted by Gasteiger charge is -2.19. The van der Waals surface area contributed by atoms with Crippen LogP contribution in [0.3, 0.4) is 0 Å². The molecule has 0 aromatic rings. The largest absolute Gasteiger partial charge is 0.396 e. The van der Waals surface area contributed by atoms with Crippen LogP contribution in [-0.4, -0.2) is 17.5 Å². The van der Waals surface area contributed by atoms with Crippen LogP contribution in [0.4, 0.5) is 0 Å². The summed E-state index contributed by atoms with van der Waals surface area (Å²) in [6.45, 7) is 0.269. The smallest absolute Gasteiger partial charge is 0.133 e. The van der Waals surface area contributed by atoms with Crippen molar-refractivity contribution in [3.63, 3.8) is 0 Å². The van der Waals surface area contributed by atoms with Crippen molar-refractivity contribution in [1.29, 1.82) is 0 Å². The molecule has 1 atom stereocenters. The van der Waals surface area contributed by atoms with E-state index in [1.165, 1.54) is 6.42 Å². The highest BCUT2D eigenvalue weighted by molar-refractivity contribution is 5.79. The number of Topliss-reactive ketones (excluding diaryl/α,β-unsaturated/α-hetero) is 1. The van der Waals surface area contributed by atoms with Gasteiger partial charge in [0.25, 0.3) is 0 Å². The molecule has 0 aromatic heterocycles. The third-order valence-corrected chi connectivity index (χ3v) is 2.35. The second-order valence-corrected chi connectivity index (χ2v) is 3.37. The van der Waals surface area contributed by atoms with Gasteiger partial charge in [-0.2, -0.15) is 0 Å². The number of ketones is 1. The summed E-state index contributed by atoms with van der Waals surface area (Å²) in [5.74, 6) is 0.989. The fourth-order valence-electron chi connectivity index (χ4n) is 1.74. The Morgan fingerprint density at radius 1 is 1.55 bits per heavy atom. The van der Waals surface area contributed by atoms with E-state index in [0.29, 0.717) is 11.7 Å². The van der Waals surface area contributed by atoms with Crippen molar-refractivity contribution in [1.82, 2.24) is 0 Å². The Labute approximate surface area is 67.6 Å². The minimum atomic E-state index is 0.269. The van der Waals surface area contributed by atoms with Crippen LogP contribution in [-0.2, 0) is 4.79 Å². The van der Waals surface area contributed by atoms with Gasteiger partial charge in [-0.3, -0.25) is 4.79 Å². The van der Waals surface area contributed by atoms with E-state index in [9.17, 15) is 4.79 Å². The molecule has 1 saturated carbocycles. The summed E-state index contributed by atoms with van der Waals surface area (Å²) in [7, 11) is 0. The summed E-state index contributed by atoms with van der Waals surface area (Å²) in [5.41, 5.74) is 0. The first-order valence-electron chi connectivity index (χ1n) is 4.45. The molecule has 64 valence electrons. The maximum atomic E-state index is 11.0. The van der Waals surface area contributed by atoms with Crippen LogP contribution in [0.25, 0.3) is 0 Å². The standard InChI is InChI=1S/C9H16O2/c10-6-2-4-8-3-1-5-9(11)7-8/h8,10H,1-7H2. The first-order valence-corrected chi connectivity index (χ1v) is 4.45. The number of carbonyl (C=O) groups is 1. The van der Waals surface area contributed by atoms with Gasteiger partial charge in [-0.05, 0) is 31.6 Å². The maximum absolute atomic E-state index is 11.0. The van der Waals surface area contributed by atoms with Gasteiger partial charge in [-0.15, -0.1) is 0 Å². The Hall–Kier alpha value is -0.370. The second kappa shape index (κ2) is 4.50. The highest BCUT2D eigenvalue weighted by Crippen LogP contribution is 2.24. The quantitative estimate of drug-likeness (QED) is 0.672. The molecular formula is C9H16O2. The van der Waals surface area contributed by atoms with Crippen LogP contribution in [0.15, 0.2) is 0 Å². The Morgan fingerprint density at radius 2 is 2.36 bits per heavy atom. The van der Waals surface area contributed by atoms with Gasteiger partial charge < -0.3 is 5.11 Å². The van der Waals surface area contributed by atoms with E-state index in [1.807, 2.05) is 0 Å². The lowest BCUT2D eigenvalue weighted by molar-refractivity contribution is -0.121. The molecular weight excluding hydrogens is 140 g/mol. The molecule has 1 fully saturated rings. The van der Waals surface area contributed by atoms with E-state index in [-0.39, 0.29) is 6.61 Å². The molecule has 1 aliphatic rings. The molecule has 1 N–H and O–H groups in total. The van der Waals surface area contributed by atoms with Crippen LogP contribution in [0.5, 0.6) is 0 Å². The van der Waals surface area contributed by atoms with Gasteiger partial charge in [0.2, 0.25) is 0 Å². The molecule has 1 rings (SSSR count). The molecule has 0 aromatic carbocycles. The van der Waals surface area contributed by atoms with E-state index < -0.39 is 0 Å². The SMILES string of the molecule is O=C1CCCC(CCCO)C1. The number of hydrogen-bond acceptors (Lipinski definition) is 2. The normalized spacial score (nSPS) is 25.5. The number of rotatable bonds is 3. The molecule has 0 amide bonds. The zero-order chi connectivity index (χ0) is 8.10. The molecule has 2 nitrogen and oxygen atoms in total. The maximum Gasteiger partial charge on any atom is 0.133 e. The van der Waals surface area contributed by atoms with Crippen molar-refractivity contribution < 1.29 is 9.90 Å². The fourth-order valence-corrected chi connectivity index (χ4v) is 1.74. The van der Waals surface area contributed by atoms with E-state index in [2.05, 4.69) is 0 Å². The third-order valence-electron chi connectivity index (χ3n) is 2.35. The van der Waals surface area contributed by atoms with Gasteiger partial charge in [0, 0.05) is 19.4 Å². The highest BCUT2D eigenvalue weighted by atomic mass is 16.2. The number of aliphatic hydroxyl groups is 1. The average molecular weight is 156 g/mol. The van der Waals surface area contributed by atoms with Crippen LogP contribution < -0.4 is 0 Å². The van der Waals surface area contributed by atoms with Crippen molar-refractivity contribution in [3.05, 3.63) is 0 Å². The fraction of sp³-hybridized carbons (Fsp3) is 0.889. The van der Waals surface area contributed by atoms with Gasteiger partial charge in [0.1, 0.15) is 5.78 Å². The lowest BCUT2D eigenvalue weighted by atomic mass is 9.85. The summed E-state index contributed by atoms with van der Waals surface area (Å²) in [6.07, 6.45) is 5.69. The molecule has 2 heteroatoms. The molecule has 0 heterocycles. The summed E-state index contributed by atoms with van der Waals surface area (Å²) < 4.78 is 0. The molecule has 0 radical (unpaired) electrons. The third kappa shape index (κ3) is 3.02. The minimum Gasteiger partial charge on any atom is -0.396 e. The molecule has 0 spiro atoms. The average Bonchev–Trinajstić information content (AvgIpc) is 2.01. The zero-order valence-electron chi connectivity index (χ0n) is 6.88. The topological polar surface area (TPSA) is 37.3 Å². The Kier molecular flexibility index (Phi) is 3.57. The monoisotopic (exact) mass is 156 g/mol. The van der Waals surface area contributed by atoms with Crippen LogP contribution in [0, 0.1) is 5.92 Å². The number of aliphatic hydroxyl groups excluding tert-OH is 1. The summed E-state index contributed by atoms with van der Waals surface area (Å²) in [5, 5.41) is 8.58. The highest BCUT2D eigenvalue weighted by Gasteiger charge is 2.18. The van der Waals surface area contributed by atoms with E-state index >= 15 is 0 Å². The van der Waals surface area contributed by atoms with Crippen molar-refractivity contribution >= 4 is 5.78 Å². The van der Waals surface area contributed by atoms with Crippen LogP contribution in [0.1, 0.15) is 38.5 Å². The lowest BCUT2D eigenvalue weighted by Crippen LogP contribution is -2.15. The number of carbonyl (C=O) groups excluding carboxylic acids is 1. The zero-order valence-corrected chi connectivity index (χ0v) is 6.88. The predicted octanol–water partition coefficient (Wildman–Crippen LogP) is 1.52. The second-order valence-electron chi connectivity index (χ2n) is 3.37. The van der Waals surface area contributed by atoms with E-state index in [4.69, 9.17) is 5.11 Å². The van der Waals surface area contributed by atoms with Crippen LogP contribution in [0.2, 0.25) is 0 Å². The number of hydrogen-bond donors (Lipinski definition) is 1. The first-order chi connectivity index (χ1) is 5.33. The predicted molar refractivity (Wildman–Crippen MR) is 43.3 cm³/mol. The van der Waals surface area contributed by atoms with Gasteiger partial charge in [-0.25, -0.2) is 0 Å². The van der Waals surface area contributed by atoms with Crippen molar-refractivity contribution in [3.8, 4) is 0 Å². The van der Waals surface area contributed by atoms with Crippen molar-refractivity contribution in [2.24, 2.45) is 5.92 Å². The minimum absolute atomic E-state index is 0.269. The molecule has 11 heavy (non-hydrogen) atoms. The molecule has 0 saturated heterocycles. The summed E-state index contributed by atoms with van der Waals surface area (Å²) in [6, 6.07) is 0. The Bertz CT molecular complexity index is 132. The summed E-state index contributed by atoms with van der Waals surface area (Å²) >= 11 is 0. The van der Waals surface area contributed by atoms with Gasteiger partial charge in [-0.1, -0.05) is 0 Å². The summed E-state index contributed by atoms with van der Waals surface area (Å²) in [4.78, 5) is 11.0.